The number of carboxylic acid groups (broad SMARTS) is 1. The summed E-state index contributed by atoms with van der Waals surface area (Å²) in [5.74, 6) is 0.969. The summed E-state index contributed by atoms with van der Waals surface area (Å²) < 4.78 is 70.0. The van der Waals surface area contributed by atoms with Crippen LogP contribution in [0.1, 0.15) is 113 Å². The third kappa shape index (κ3) is 14.7. The van der Waals surface area contributed by atoms with Crippen molar-refractivity contribution >= 4 is 43.8 Å². The zero-order chi connectivity index (χ0) is 46.1. The van der Waals surface area contributed by atoms with Crippen molar-refractivity contribution in [1.29, 1.82) is 0 Å². The predicted octanol–water partition coefficient (Wildman–Crippen LogP) is 9.71. The van der Waals surface area contributed by atoms with E-state index in [9.17, 15) is 23.5 Å². The molecular weight excluding hydrogens is 1030 g/mol. The summed E-state index contributed by atoms with van der Waals surface area (Å²) in [6.45, 7) is 6.42. The van der Waals surface area contributed by atoms with Crippen molar-refractivity contribution < 1.29 is 113 Å². The number of methoxy groups -OCH3 is 1. The number of benzene rings is 4. The van der Waals surface area contributed by atoms with Crippen molar-refractivity contribution in [3.63, 3.8) is 0 Å². The number of esters is 1. The molecule has 4 aromatic rings. The average Bonchev–Trinajstić information content (AvgIpc) is 3.28. The second kappa shape index (κ2) is 25.5. The summed E-state index contributed by atoms with van der Waals surface area (Å²) in [5, 5.41) is 9.48. The van der Waals surface area contributed by atoms with Crippen LogP contribution in [-0.2, 0) is 47.5 Å². The van der Waals surface area contributed by atoms with Crippen molar-refractivity contribution in [2.45, 2.75) is 127 Å². The molecule has 0 radical (unpaired) electrons. The number of carbonyl (C=O) groups excluding carboxylic acids is 1. The molecule has 16 heteroatoms. The van der Waals surface area contributed by atoms with Crippen LogP contribution < -0.4 is 70.3 Å². The zero-order valence-electron chi connectivity index (χ0n) is 38.7. The van der Waals surface area contributed by atoms with Crippen LogP contribution in [0.5, 0.6) is 34.5 Å². The first-order valence-corrected chi connectivity index (χ1v) is 24.2. The number of ether oxygens (including phenoxy) is 7. The summed E-state index contributed by atoms with van der Waals surface area (Å²) in [6, 6.07) is 17.0. The Hall–Kier alpha value is -2.64. The Balaban J connectivity index is 0.000000244. The minimum atomic E-state index is -0.826. The number of hydrogen-bond donors (Lipinski definition) is 1. The largest absolute Gasteiger partial charge is 1.00 e. The quantitative estimate of drug-likeness (QED) is 0.0951. The van der Waals surface area contributed by atoms with Crippen LogP contribution in [0, 0.1) is 11.6 Å². The van der Waals surface area contributed by atoms with E-state index in [1.54, 1.807) is 24.3 Å². The summed E-state index contributed by atoms with van der Waals surface area (Å²) in [7, 11) is 1.41. The summed E-state index contributed by atoms with van der Waals surface area (Å²) in [5.41, 5.74) is 3.37. The first-order valence-electron chi connectivity index (χ1n) is 22.6. The molecule has 0 amide bonds. The maximum atomic E-state index is 14.1. The predicted molar refractivity (Wildman–Crippen MR) is 251 cm³/mol. The number of fused-ring (bicyclic) bond motifs is 2. The molecule has 2 N–H and O–H groups in total. The average molecular weight is 1080 g/mol. The molecule has 2 aliphatic carbocycles. The van der Waals surface area contributed by atoms with Gasteiger partial charge in [0.1, 0.15) is 36.3 Å². The van der Waals surface area contributed by atoms with Gasteiger partial charge in [-0.2, -0.15) is 0 Å². The van der Waals surface area contributed by atoms with Gasteiger partial charge in [0.15, 0.2) is 23.0 Å². The Morgan fingerprint density at radius 1 is 0.672 bits per heavy atom. The van der Waals surface area contributed by atoms with Gasteiger partial charge in [-0.1, -0.05) is 13.8 Å². The van der Waals surface area contributed by atoms with Crippen LogP contribution in [-0.4, -0.2) is 68.3 Å². The van der Waals surface area contributed by atoms with Gasteiger partial charge in [-0.3, -0.25) is 9.59 Å². The fraction of sp³-hybridized carbons (Fsp3) is 0.490. The van der Waals surface area contributed by atoms with Gasteiger partial charge in [0.05, 0.1) is 41.1 Å². The Bertz CT molecular complexity index is 2320. The molecule has 0 aromatic heterocycles. The Labute approximate surface area is 451 Å². The second-order valence-electron chi connectivity index (χ2n) is 18.0. The molecule has 2 unspecified atom stereocenters. The number of halogens is 4. The normalized spacial score (nSPS) is 21.9. The van der Waals surface area contributed by atoms with Crippen LogP contribution in [0.15, 0.2) is 69.6 Å². The van der Waals surface area contributed by atoms with Crippen LogP contribution in [0.25, 0.3) is 0 Å². The maximum absolute atomic E-state index is 14.1. The molecule has 67 heavy (non-hydrogen) atoms. The fourth-order valence-corrected chi connectivity index (χ4v) is 9.90. The topological polar surface area (TPSA) is 149 Å². The number of aryl methyl sites for hydroxylation is 2. The van der Waals surface area contributed by atoms with E-state index in [0.29, 0.717) is 63.1 Å². The molecule has 2 saturated heterocycles. The van der Waals surface area contributed by atoms with Gasteiger partial charge in [0.25, 0.3) is 0 Å². The first kappa shape index (κ1) is 55.3. The molecule has 0 spiro atoms. The van der Waals surface area contributed by atoms with Crippen molar-refractivity contribution in [1.82, 2.24) is 0 Å². The van der Waals surface area contributed by atoms with Crippen LogP contribution >= 0.6 is 31.9 Å². The Morgan fingerprint density at radius 2 is 1.12 bits per heavy atom. The molecule has 11 nitrogen and oxygen atoms in total. The van der Waals surface area contributed by atoms with E-state index in [1.807, 2.05) is 31.2 Å². The molecule has 2 heterocycles. The van der Waals surface area contributed by atoms with E-state index in [4.69, 9.17) is 33.2 Å². The molecule has 2 fully saturated rings. The molecular formula is C51H59Br2F2KO11. The van der Waals surface area contributed by atoms with Gasteiger partial charge in [-0.15, -0.1) is 0 Å². The number of hydrogen-bond acceptors (Lipinski definition) is 10. The van der Waals surface area contributed by atoms with E-state index in [0.717, 1.165) is 113 Å². The van der Waals surface area contributed by atoms with E-state index in [-0.39, 0.29) is 86.9 Å². The van der Waals surface area contributed by atoms with Crippen LogP contribution in [0.4, 0.5) is 8.78 Å². The van der Waals surface area contributed by atoms with Crippen molar-refractivity contribution in [2.24, 2.45) is 0 Å². The maximum Gasteiger partial charge on any atom is 1.00 e. The monoisotopic (exact) mass is 1080 g/mol. The SMILES string of the molecule is COC(=O)C[C@@]1(C)CCCc2cc(OCC3CCCCO3)c(Oc3ccc(Br)c(F)c3)cc21.C[C@]1(CC(=O)O)CCCc2cc(OCC3CCCCO3)c(Oc3ccc(Br)c(F)c3)cc21.[K+].[OH-]. The van der Waals surface area contributed by atoms with Gasteiger partial charge in [-0.05, 0) is 180 Å². The van der Waals surface area contributed by atoms with E-state index in [2.05, 4.69) is 38.8 Å². The molecule has 358 valence electrons. The number of carboxylic acids is 1. The fourth-order valence-electron chi connectivity index (χ4n) is 9.40. The molecule has 4 aliphatic rings. The van der Waals surface area contributed by atoms with Gasteiger partial charge < -0.3 is 43.7 Å². The molecule has 4 atom stereocenters. The van der Waals surface area contributed by atoms with Crippen LogP contribution in [0.2, 0.25) is 0 Å². The Kier molecular flexibility index (Phi) is 21.0. The smallest absolute Gasteiger partial charge is 0.870 e. The first-order chi connectivity index (χ1) is 31.2. The Morgan fingerprint density at radius 3 is 1.51 bits per heavy atom. The molecule has 4 aromatic carbocycles. The molecule has 0 saturated carbocycles. The van der Waals surface area contributed by atoms with Crippen molar-refractivity contribution in [3.05, 3.63) is 103 Å². The third-order valence-corrected chi connectivity index (χ3v) is 14.2. The summed E-state index contributed by atoms with van der Waals surface area (Å²) in [6.07, 6.45) is 12.1. The number of rotatable bonds is 14. The number of aliphatic carboxylic acids is 1. The summed E-state index contributed by atoms with van der Waals surface area (Å²) in [4.78, 5) is 23.7. The van der Waals surface area contributed by atoms with Crippen LogP contribution in [0.3, 0.4) is 0 Å². The minimum Gasteiger partial charge on any atom is -0.870 e. The molecule has 8 rings (SSSR count). The van der Waals surface area contributed by atoms with Gasteiger partial charge in [0, 0.05) is 36.2 Å². The summed E-state index contributed by atoms with van der Waals surface area (Å²) >= 11 is 6.34. The molecule has 2 aliphatic heterocycles. The third-order valence-electron chi connectivity index (χ3n) is 12.9. The second-order valence-corrected chi connectivity index (χ2v) is 19.7. The van der Waals surface area contributed by atoms with Gasteiger partial charge in [-0.25, -0.2) is 8.78 Å². The molecule has 0 bridgehead atoms. The minimum absolute atomic E-state index is 0. The van der Waals surface area contributed by atoms with E-state index >= 15 is 0 Å². The number of carbonyl (C=O) groups is 2. The van der Waals surface area contributed by atoms with Crippen molar-refractivity contribution in [3.8, 4) is 34.5 Å². The van der Waals surface area contributed by atoms with Crippen molar-refractivity contribution in [2.75, 3.05) is 33.5 Å². The van der Waals surface area contributed by atoms with E-state index < -0.39 is 23.0 Å². The standard InChI is InChI=1S/C26H30BrFO5.C25H28BrFO5.K.H2O/c1-26(15-25(29)30-2)10-5-6-17-12-23(32-16-19-7-3-4-11-31-19)24(14-20(17)26)33-18-8-9-21(27)22(28)13-18;1-25(14-24(28)29)9-4-5-16-11-22(31-15-18-6-2-3-10-30-18)23(13-19(16)25)32-17-7-8-20(26)21(27)12-17;;/h8-9,12-14,19H,3-7,10-11,15-16H2,1-2H3;7-8,11-13,18H,2-6,9-10,14-15H2,1H3,(H,28,29);;1H2/q;;+1;/p-1/t19?,26-;18?,25-;;/m11../s1. The zero-order valence-corrected chi connectivity index (χ0v) is 45.0. The van der Waals surface area contributed by atoms with Gasteiger partial charge >= 0.3 is 63.3 Å². The van der Waals surface area contributed by atoms with Gasteiger partial charge in [0.2, 0.25) is 0 Å². The van der Waals surface area contributed by atoms with E-state index in [1.165, 1.54) is 19.2 Å².